The van der Waals surface area contributed by atoms with Crippen LogP contribution in [-0.2, 0) is 4.79 Å². The molecule has 3 aromatic carbocycles. The van der Waals surface area contributed by atoms with Crippen LogP contribution in [0, 0.1) is 18.9 Å². The minimum atomic E-state index is -1.31. The van der Waals surface area contributed by atoms with Gasteiger partial charge in [-0.05, 0) is 72.6 Å². The van der Waals surface area contributed by atoms with Crippen molar-refractivity contribution in [2.45, 2.75) is 17.2 Å². The summed E-state index contributed by atoms with van der Waals surface area (Å²) in [5.41, 5.74) is 2.74. The molecular formula is C24H16Cl5N2O2. The molecule has 2 atom stereocenters. The maximum absolute atomic E-state index is 13.0. The molecule has 1 saturated carbocycles. The number of hydrogen-bond donors (Lipinski definition) is 2. The number of hydrogen-bond acceptors (Lipinski definition) is 2. The summed E-state index contributed by atoms with van der Waals surface area (Å²) in [5.74, 6) is -2.02. The summed E-state index contributed by atoms with van der Waals surface area (Å²) < 4.78 is -1.31. The Morgan fingerprint density at radius 2 is 1.58 bits per heavy atom. The Morgan fingerprint density at radius 3 is 2.24 bits per heavy atom. The molecule has 0 spiro atoms. The standard InChI is InChI=1S/C24H16Cl5N2O2/c1-12-3-2-4-16(7-12)30-22(32)18-11-17(5-6-19(18)27)31-23(33)21-20(24(21,28)29)13-8-14(25)10-15(26)9-13/h2,4-11,20-21H,1H3,(H,30,32)(H,31,33). The summed E-state index contributed by atoms with van der Waals surface area (Å²) in [6.45, 7) is 1.87. The van der Waals surface area contributed by atoms with Crippen LogP contribution in [0.5, 0.6) is 0 Å². The van der Waals surface area contributed by atoms with Gasteiger partial charge in [-0.3, -0.25) is 9.59 Å². The molecule has 4 rings (SSSR count). The van der Waals surface area contributed by atoms with Gasteiger partial charge in [0.25, 0.3) is 5.91 Å². The summed E-state index contributed by atoms with van der Waals surface area (Å²) in [7, 11) is 0. The summed E-state index contributed by atoms with van der Waals surface area (Å²) in [4.78, 5) is 25.7. The summed E-state index contributed by atoms with van der Waals surface area (Å²) in [5, 5.41) is 6.64. The Balaban J connectivity index is 1.51. The first-order chi connectivity index (χ1) is 15.6. The zero-order chi connectivity index (χ0) is 23.9. The van der Waals surface area contributed by atoms with Gasteiger partial charge in [-0.15, -0.1) is 23.2 Å². The Bertz CT molecular complexity index is 1240. The van der Waals surface area contributed by atoms with E-state index in [-0.39, 0.29) is 10.6 Å². The van der Waals surface area contributed by atoms with E-state index in [2.05, 4.69) is 16.7 Å². The molecule has 2 amide bonds. The normalized spacial score (nSPS) is 18.5. The molecule has 0 heterocycles. The lowest BCUT2D eigenvalue weighted by Gasteiger charge is -2.11. The molecule has 1 radical (unpaired) electrons. The van der Waals surface area contributed by atoms with Crippen LogP contribution in [0.4, 0.5) is 11.4 Å². The first kappa shape index (κ1) is 24.2. The molecule has 1 aliphatic rings. The maximum Gasteiger partial charge on any atom is 0.257 e. The van der Waals surface area contributed by atoms with Crippen molar-refractivity contribution in [2.24, 2.45) is 5.92 Å². The van der Waals surface area contributed by atoms with Gasteiger partial charge in [0.05, 0.1) is 16.5 Å². The number of rotatable bonds is 5. The monoisotopic (exact) mass is 539 g/mol. The number of halogens is 5. The molecule has 0 aromatic heterocycles. The van der Waals surface area contributed by atoms with Gasteiger partial charge in [-0.2, -0.15) is 0 Å². The van der Waals surface area contributed by atoms with Crippen LogP contribution in [0.2, 0.25) is 15.1 Å². The van der Waals surface area contributed by atoms with E-state index in [9.17, 15) is 9.59 Å². The minimum Gasteiger partial charge on any atom is -0.326 e. The number of aryl methyl sites for hydroxylation is 1. The van der Waals surface area contributed by atoms with Crippen LogP contribution < -0.4 is 10.6 Å². The number of carbonyl (C=O) groups excluding carboxylic acids is 2. The quantitative estimate of drug-likeness (QED) is 0.328. The van der Waals surface area contributed by atoms with E-state index in [0.29, 0.717) is 27.0 Å². The Kier molecular flexibility index (Phi) is 6.86. The zero-order valence-corrected chi connectivity index (χ0v) is 20.8. The minimum absolute atomic E-state index is 0.205. The molecule has 2 unspecified atom stereocenters. The third-order valence-corrected chi connectivity index (χ3v) is 6.97. The predicted octanol–water partition coefficient (Wildman–Crippen LogP) is 7.53. The maximum atomic E-state index is 13.0. The van der Waals surface area contributed by atoms with Crippen molar-refractivity contribution in [1.29, 1.82) is 0 Å². The molecule has 169 valence electrons. The van der Waals surface area contributed by atoms with E-state index in [1.54, 1.807) is 42.5 Å². The molecular weight excluding hydrogens is 526 g/mol. The van der Waals surface area contributed by atoms with Gasteiger partial charge in [0, 0.05) is 27.3 Å². The van der Waals surface area contributed by atoms with Gasteiger partial charge in [0.15, 0.2) is 0 Å². The summed E-state index contributed by atoms with van der Waals surface area (Å²) in [6.07, 6.45) is 0. The molecule has 0 bridgehead atoms. The van der Waals surface area contributed by atoms with E-state index in [1.165, 1.54) is 12.1 Å². The zero-order valence-electron chi connectivity index (χ0n) is 17.1. The summed E-state index contributed by atoms with van der Waals surface area (Å²) in [6, 6.07) is 17.8. The van der Waals surface area contributed by atoms with Gasteiger partial charge < -0.3 is 10.6 Å². The van der Waals surface area contributed by atoms with Crippen LogP contribution in [0.3, 0.4) is 0 Å². The second kappa shape index (κ2) is 9.36. The van der Waals surface area contributed by atoms with Gasteiger partial charge in [0.2, 0.25) is 5.91 Å². The highest BCUT2D eigenvalue weighted by Crippen LogP contribution is 2.65. The average molecular weight is 542 g/mol. The first-order valence-corrected chi connectivity index (χ1v) is 11.7. The second-order valence-corrected chi connectivity index (χ2v) is 10.5. The summed E-state index contributed by atoms with van der Waals surface area (Å²) >= 11 is 31.2. The molecule has 9 heteroatoms. The SMILES string of the molecule is Cc1[c]ccc(NC(=O)c2cc(NC(=O)C3C(c4cc(Cl)cc(Cl)c4)C3(Cl)Cl)ccc2Cl)c1. The van der Waals surface area contributed by atoms with E-state index in [1.807, 2.05) is 6.92 Å². The third kappa shape index (κ3) is 5.26. The number of nitrogens with one attached hydrogen (secondary N) is 2. The lowest BCUT2D eigenvalue weighted by Crippen LogP contribution is -2.18. The largest absolute Gasteiger partial charge is 0.326 e. The van der Waals surface area contributed by atoms with Crippen LogP contribution in [-0.4, -0.2) is 16.1 Å². The molecule has 1 fully saturated rings. The number of benzene rings is 3. The fraction of sp³-hybridized carbons (Fsp3) is 0.167. The lowest BCUT2D eigenvalue weighted by atomic mass is 10.1. The van der Waals surface area contributed by atoms with Crippen molar-refractivity contribution in [3.8, 4) is 0 Å². The van der Waals surface area contributed by atoms with E-state index in [0.717, 1.165) is 5.56 Å². The molecule has 2 N–H and O–H groups in total. The number of anilines is 2. The van der Waals surface area contributed by atoms with E-state index < -0.39 is 28.0 Å². The Labute approximate surface area is 216 Å². The first-order valence-electron chi connectivity index (χ1n) is 9.80. The second-order valence-electron chi connectivity index (χ2n) is 7.73. The highest BCUT2D eigenvalue weighted by molar-refractivity contribution is 6.53. The molecule has 0 aliphatic heterocycles. The van der Waals surface area contributed by atoms with Gasteiger partial charge in [0.1, 0.15) is 4.33 Å². The Morgan fingerprint density at radius 1 is 0.909 bits per heavy atom. The Hall–Kier alpha value is -1.95. The van der Waals surface area contributed by atoms with Crippen molar-refractivity contribution in [3.63, 3.8) is 0 Å². The number of alkyl halides is 2. The van der Waals surface area contributed by atoms with Gasteiger partial charge in [-0.25, -0.2) is 0 Å². The highest BCUT2D eigenvalue weighted by Gasteiger charge is 2.67. The molecule has 4 nitrogen and oxygen atoms in total. The molecule has 33 heavy (non-hydrogen) atoms. The fourth-order valence-corrected chi connectivity index (χ4v) is 5.26. The van der Waals surface area contributed by atoms with Crippen molar-refractivity contribution >= 4 is 81.2 Å². The number of carbonyl (C=O) groups is 2. The van der Waals surface area contributed by atoms with E-state index >= 15 is 0 Å². The lowest BCUT2D eigenvalue weighted by molar-refractivity contribution is -0.117. The van der Waals surface area contributed by atoms with Crippen LogP contribution in [0.1, 0.15) is 27.4 Å². The van der Waals surface area contributed by atoms with Crippen molar-refractivity contribution in [2.75, 3.05) is 10.6 Å². The van der Waals surface area contributed by atoms with E-state index in [4.69, 9.17) is 58.0 Å². The number of amides is 2. The third-order valence-electron chi connectivity index (χ3n) is 5.26. The highest BCUT2D eigenvalue weighted by atomic mass is 35.5. The molecule has 3 aromatic rings. The van der Waals surface area contributed by atoms with Crippen LogP contribution in [0.15, 0.2) is 54.6 Å². The molecule has 1 aliphatic carbocycles. The van der Waals surface area contributed by atoms with Gasteiger partial charge >= 0.3 is 0 Å². The van der Waals surface area contributed by atoms with Crippen LogP contribution >= 0.6 is 58.0 Å². The van der Waals surface area contributed by atoms with Crippen molar-refractivity contribution in [1.82, 2.24) is 0 Å². The van der Waals surface area contributed by atoms with Crippen molar-refractivity contribution < 1.29 is 9.59 Å². The topological polar surface area (TPSA) is 58.2 Å². The fourth-order valence-electron chi connectivity index (χ4n) is 3.68. The molecule has 0 saturated heterocycles. The van der Waals surface area contributed by atoms with Crippen LogP contribution in [0.25, 0.3) is 0 Å². The van der Waals surface area contributed by atoms with Gasteiger partial charge in [-0.1, -0.05) is 40.9 Å². The average Bonchev–Trinajstić information content (AvgIpc) is 3.31. The predicted molar refractivity (Wildman–Crippen MR) is 135 cm³/mol. The smallest absolute Gasteiger partial charge is 0.257 e. The van der Waals surface area contributed by atoms with Crippen molar-refractivity contribution in [3.05, 3.63) is 92.4 Å².